The summed E-state index contributed by atoms with van der Waals surface area (Å²) >= 11 is 0. The quantitative estimate of drug-likeness (QED) is 0.611. The van der Waals surface area contributed by atoms with E-state index in [0.717, 1.165) is 12.8 Å². The number of hydrogen-bond donors (Lipinski definition) is 3. The van der Waals surface area contributed by atoms with Crippen LogP contribution in [-0.4, -0.2) is 15.5 Å². The highest BCUT2D eigenvalue weighted by Crippen LogP contribution is 2.38. The first kappa shape index (κ1) is 8.10. The van der Waals surface area contributed by atoms with Crippen LogP contribution in [0.5, 0.6) is 0 Å². The van der Waals surface area contributed by atoms with Crippen molar-refractivity contribution in [1.82, 2.24) is 9.97 Å². The fourth-order valence-corrected chi connectivity index (χ4v) is 1.11. The second-order valence-electron chi connectivity index (χ2n) is 3.68. The first-order valence-electron chi connectivity index (χ1n) is 4.22. The zero-order valence-electron chi connectivity index (χ0n) is 7.42. The normalized spacial score (nSPS) is 18.2. The molecule has 0 unspecified atom stereocenters. The van der Waals surface area contributed by atoms with E-state index in [4.69, 9.17) is 5.73 Å². The third kappa shape index (κ3) is 1.49. The summed E-state index contributed by atoms with van der Waals surface area (Å²) in [5, 5.41) is 3.15. The molecule has 0 atom stereocenters. The lowest BCUT2D eigenvalue weighted by Gasteiger charge is -2.12. The number of nitrogen functional groups attached to an aromatic ring is 1. The molecule has 1 aliphatic carbocycles. The Bertz CT molecular complexity index is 380. The molecule has 70 valence electrons. The lowest BCUT2D eigenvalue weighted by Crippen LogP contribution is -2.22. The van der Waals surface area contributed by atoms with E-state index in [1.165, 1.54) is 6.33 Å². The fourth-order valence-electron chi connectivity index (χ4n) is 1.11. The maximum absolute atomic E-state index is 11.1. The number of nitrogens with zero attached hydrogens (tertiary/aromatic N) is 1. The Morgan fingerprint density at radius 2 is 2.38 bits per heavy atom. The molecule has 1 saturated carbocycles. The van der Waals surface area contributed by atoms with Crippen LogP contribution >= 0.6 is 0 Å². The van der Waals surface area contributed by atoms with Gasteiger partial charge < -0.3 is 16.0 Å². The number of aromatic nitrogens is 2. The van der Waals surface area contributed by atoms with Gasteiger partial charge in [-0.15, -0.1) is 0 Å². The summed E-state index contributed by atoms with van der Waals surface area (Å²) in [5.41, 5.74) is 5.51. The molecule has 4 N–H and O–H groups in total. The monoisotopic (exact) mass is 180 g/mol. The molecule has 1 fully saturated rings. The molecular weight excluding hydrogens is 168 g/mol. The van der Waals surface area contributed by atoms with Crippen molar-refractivity contribution in [2.24, 2.45) is 0 Å². The molecule has 1 aliphatic rings. The van der Waals surface area contributed by atoms with Gasteiger partial charge in [-0.25, -0.2) is 4.98 Å². The first-order valence-corrected chi connectivity index (χ1v) is 4.22. The third-order valence-electron chi connectivity index (χ3n) is 2.31. The van der Waals surface area contributed by atoms with Crippen LogP contribution in [-0.2, 0) is 0 Å². The van der Waals surface area contributed by atoms with Gasteiger partial charge in [-0.1, -0.05) is 0 Å². The Labute approximate surface area is 75.4 Å². The molecule has 0 aromatic carbocycles. The maximum Gasteiger partial charge on any atom is 0.276 e. The van der Waals surface area contributed by atoms with Crippen LogP contribution in [0.3, 0.4) is 0 Å². The minimum atomic E-state index is -0.290. The summed E-state index contributed by atoms with van der Waals surface area (Å²) in [6, 6.07) is 0. The van der Waals surface area contributed by atoms with Crippen LogP contribution in [0, 0.1) is 0 Å². The number of H-pyrrole nitrogens is 1. The first-order chi connectivity index (χ1) is 6.11. The molecule has 2 rings (SSSR count). The van der Waals surface area contributed by atoms with E-state index in [1.54, 1.807) is 0 Å². The van der Waals surface area contributed by atoms with E-state index in [2.05, 4.69) is 22.2 Å². The van der Waals surface area contributed by atoms with Crippen molar-refractivity contribution < 1.29 is 0 Å². The summed E-state index contributed by atoms with van der Waals surface area (Å²) in [4.78, 5) is 17.5. The Hall–Kier alpha value is -1.52. The van der Waals surface area contributed by atoms with Crippen molar-refractivity contribution in [3.8, 4) is 0 Å². The van der Waals surface area contributed by atoms with Crippen LogP contribution < -0.4 is 16.6 Å². The van der Waals surface area contributed by atoms with Crippen LogP contribution in [0.15, 0.2) is 11.1 Å². The fraction of sp³-hybridized carbons (Fsp3) is 0.500. The lowest BCUT2D eigenvalue weighted by atomic mass is 10.3. The largest absolute Gasteiger partial charge is 0.391 e. The van der Waals surface area contributed by atoms with E-state index in [1.807, 2.05) is 0 Å². The Morgan fingerprint density at radius 1 is 1.69 bits per heavy atom. The summed E-state index contributed by atoms with van der Waals surface area (Å²) in [6.07, 6.45) is 3.55. The van der Waals surface area contributed by atoms with Crippen molar-refractivity contribution in [1.29, 1.82) is 0 Å². The topological polar surface area (TPSA) is 83.8 Å². The number of aromatic amines is 1. The molecule has 0 saturated heterocycles. The highest BCUT2D eigenvalue weighted by Gasteiger charge is 2.37. The molecular formula is C8H12N4O. The molecule has 5 heteroatoms. The standard InChI is InChI=1S/C8H12N4O/c1-8(2-3-8)12-6-5(9)7(13)11-4-10-6/h4H,2-3,9H2,1H3,(H2,10,11,12,13). The summed E-state index contributed by atoms with van der Waals surface area (Å²) in [6.45, 7) is 2.08. The van der Waals surface area contributed by atoms with Gasteiger partial charge in [0.15, 0.2) is 5.82 Å². The molecule has 0 spiro atoms. The second kappa shape index (κ2) is 2.48. The maximum atomic E-state index is 11.1. The molecule has 1 aromatic rings. The predicted molar refractivity (Wildman–Crippen MR) is 50.5 cm³/mol. The zero-order chi connectivity index (χ0) is 9.47. The molecule has 1 heterocycles. The predicted octanol–water partition coefficient (Wildman–Crippen LogP) is 0.316. The Balaban J connectivity index is 2.30. The van der Waals surface area contributed by atoms with Gasteiger partial charge in [0, 0.05) is 5.54 Å². The van der Waals surface area contributed by atoms with E-state index >= 15 is 0 Å². The molecule has 5 nitrogen and oxygen atoms in total. The third-order valence-corrected chi connectivity index (χ3v) is 2.31. The van der Waals surface area contributed by atoms with Gasteiger partial charge in [0.2, 0.25) is 0 Å². The molecule has 1 aromatic heterocycles. The number of anilines is 2. The van der Waals surface area contributed by atoms with Gasteiger partial charge in [0.1, 0.15) is 5.69 Å². The molecule has 0 aliphatic heterocycles. The van der Waals surface area contributed by atoms with Crippen molar-refractivity contribution >= 4 is 11.5 Å². The van der Waals surface area contributed by atoms with Crippen molar-refractivity contribution in [3.63, 3.8) is 0 Å². The Morgan fingerprint density at radius 3 is 3.00 bits per heavy atom. The number of hydrogen-bond acceptors (Lipinski definition) is 4. The van der Waals surface area contributed by atoms with Crippen LogP contribution in [0.2, 0.25) is 0 Å². The van der Waals surface area contributed by atoms with E-state index in [0.29, 0.717) is 5.82 Å². The minimum Gasteiger partial charge on any atom is -0.391 e. The minimum absolute atomic E-state index is 0.0922. The van der Waals surface area contributed by atoms with Crippen molar-refractivity contribution in [2.45, 2.75) is 25.3 Å². The van der Waals surface area contributed by atoms with Crippen molar-refractivity contribution in [2.75, 3.05) is 11.1 Å². The van der Waals surface area contributed by atoms with E-state index in [9.17, 15) is 4.79 Å². The summed E-state index contributed by atoms with van der Waals surface area (Å²) < 4.78 is 0. The highest BCUT2D eigenvalue weighted by molar-refractivity contribution is 5.60. The van der Waals surface area contributed by atoms with Gasteiger partial charge in [-0.05, 0) is 19.8 Å². The van der Waals surface area contributed by atoms with Crippen molar-refractivity contribution in [3.05, 3.63) is 16.7 Å². The average molecular weight is 180 g/mol. The van der Waals surface area contributed by atoms with Crippen LogP contribution in [0.1, 0.15) is 19.8 Å². The SMILES string of the molecule is CC1(Nc2nc[nH]c(=O)c2N)CC1. The number of rotatable bonds is 2. The van der Waals surface area contributed by atoms with E-state index in [-0.39, 0.29) is 16.8 Å². The van der Waals surface area contributed by atoms with Crippen LogP contribution in [0.4, 0.5) is 11.5 Å². The van der Waals surface area contributed by atoms with Gasteiger partial charge in [0.25, 0.3) is 5.56 Å². The molecule has 0 amide bonds. The molecule has 0 bridgehead atoms. The summed E-state index contributed by atoms with van der Waals surface area (Å²) in [7, 11) is 0. The Kier molecular flexibility index (Phi) is 1.55. The summed E-state index contributed by atoms with van der Waals surface area (Å²) in [5.74, 6) is 0.490. The average Bonchev–Trinajstić information content (AvgIpc) is 2.78. The lowest BCUT2D eigenvalue weighted by molar-refractivity contribution is 0.819. The molecule has 13 heavy (non-hydrogen) atoms. The molecule has 0 radical (unpaired) electrons. The van der Waals surface area contributed by atoms with E-state index < -0.39 is 0 Å². The smallest absolute Gasteiger partial charge is 0.276 e. The zero-order valence-corrected chi connectivity index (χ0v) is 7.42. The highest BCUT2D eigenvalue weighted by atomic mass is 16.1. The van der Waals surface area contributed by atoms with Gasteiger partial charge in [0.05, 0.1) is 6.33 Å². The second-order valence-corrected chi connectivity index (χ2v) is 3.68. The van der Waals surface area contributed by atoms with Crippen LogP contribution in [0.25, 0.3) is 0 Å². The number of nitrogens with one attached hydrogen (secondary N) is 2. The van der Waals surface area contributed by atoms with Gasteiger partial charge in [-0.3, -0.25) is 4.79 Å². The van der Waals surface area contributed by atoms with Gasteiger partial charge >= 0.3 is 0 Å². The number of nitrogens with two attached hydrogens (primary N) is 1. The van der Waals surface area contributed by atoms with Gasteiger partial charge in [-0.2, -0.15) is 0 Å².